The van der Waals surface area contributed by atoms with Crippen molar-refractivity contribution < 1.29 is 0 Å². The van der Waals surface area contributed by atoms with Crippen molar-refractivity contribution in [2.45, 2.75) is 44.9 Å². The van der Waals surface area contributed by atoms with Gasteiger partial charge in [0.25, 0.3) is 0 Å². The second kappa shape index (κ2) is 7.25. The normalized spacial score (nSPS) is 17.4. The van der Waals surface area contributed by atoms with Crippen molar-refractivity contribution in [3.05, 3.63) is 70.8 Å². The summed E-state index contributed by atoms with van der Waals surface area (Å²) in [6, 6.07) is 16.1. The molecule has 1 nitrogen and oxygen atoms in total. The van der Waals surface area contributed by atoms with Gasteiger partial charge in [0.1, 0.15) is 0 Å². The minimum atomic E-state index is 1.03. The van der Waals surface area contributed by atoms with Gasteiger partial charge in [-0.2, -0.15) is 0 Å². The number of rotatable bonds is 4. The van der Waals surface area contributed by atoms with E-state index in [9.17, 15) is 0 Å². The lowest BCUT2D eigenvalue weighted by Gasteiger charge is -2.17. The van der Waals surface area contributed by atoms with Crippen LogP contribution in [0.5, 0.6) is 0 Å². The van der Waals surface area contributed by atoms with Crippen LogP contribution in [0.1, 0.15) is 47.9 Å². The van der Waals surface area contributed by atoms with Crippen molar-refractivity contribution in [2.75, 3.05) is 18.0 Å². The minimum Gasteiger partial charge on any atom is -0.372 e. The van der Waals surface area contributed by atoms with Crippen LogP contribution in [0.15, 0.2) is 48.5 Å². The highest BCUT2D eigenvalue weighted by molar-refractivity contribution is 5.56. The largest absolute Gasteiger partial charge is 0.372 e. The van der Waals surface area contributed by atoms with Crippen LogP contribution in [0.2, 0.25) is 0 Å². The molecule has 124 valence electrons. The molecule has 0 bridgehead atoms. The molecule has 0 spiro atoms. The first kappa shape index (κ1) is 15.5. The van der Waals surface area contributed by atoms with Gasteiger partial charge in [0.15, 0.2) is 0 Å². The number of allylic oxidation sites excluding steroid dienone is 1. The van der Waals surface area contributed by atoms with Crippen molar-refractivity contribution in [1.29, 1.82) is 0 Å². The number of hydrogen-bond acceptors (Lipinski definition) is 1. The van der Waals surface area contributed by atoms with Crippen molar-refractivity contribution in [1.82, 2.24) is 0 Å². The molecule has 2 aromatic rings. The summed E-state index contributed by atoms with van der Waals surface area (Å²) < 4.78 is 0. The first-order chi connectivity index (χ1) is 11.9. The van der Waals surface area contributed by atoms with Crippen LogP contribution < -0.4 is 4.90 Å². The van der Waals surface area contributed by atoms with E-state index in [1.54, 1.807) is 11.1 Å². The van der Waals surface area contributed by atoms with E-state index in [0.29, 0.717) is 0 Å². The quantitative estimate of drug-likeness (QED) is 0.727. The van der Waals surface area contributed by atoms with E-state index >= 15 is 0 Å². The van der Waals surface area contributed by atoms with Gasteiger partial charge in [-0.05, 0) is 79.3 Å². The fraction of sp³-hybridized carbons (Fsp3) is 0.391. The zero-order valence-corrected chi connectivity index (χ0v) is 14.5. The molecule has 0 amide bonds. The van der Waals surface area contributed by atoms with Crippen LogP contribution in [0.4, 0.5) is 5.69 Å². The Bertz CT molecular complexity index is 705. The Hall–Kier alpha value is -2.02. The lowest BCUT2D eigenvalue weighted by molar-refractivity contribution is 0.684. The SMILES string of the molecule is C(=Cc1ccc(N2CCCC2)cc1)Cc1ccc2c(c1)CCCC2. The molecular weight excluding hydrogens is 290 g/mol. The van der Waals surface area contributed by atoms with E-state index in [1.165, 1.54) is 68.4 Å². The molecule has 0 N–H and O–H groups in total. The summed E-state index contributed by atoms with van der Waals surface area (Å²) in [5.41, 5.74) is 7.28. The zero-order chi connectivity index (χ0) is 16.2. The molecule has 2 aromatic carbocycles. The Balaban J connectivity index is 1.38. The Morgan fingerprint density at radius 1 is 0.792 bits per heavy atom. The zero-order valence-electron chi connectivity index (χ0n) is 14.5. The molecule has 1 aliphatic carbocycles. The van der Waals surface area contributed by atoms with Gasteiger partial charge in [-0.25, -0.2) is 0 Å². The lowest BCUT2D eigenvalue weighted by Crippen LogP contribution is -2.17. The number of fused-ring (bicyclic) bond motifs is 1. The Morgan fingerprint density at radius 3 is 2.33 bits per heavy atom. The number of hydrogen-bond donors (Lipinski definition) is 0. The monoisotopic (exact) mass is 317 g/mol. The molecule has 0 aromatic heterocycles. The molecule has 0 unspecified atom stereocenters. The molecule has 0 saturated carbocycles. The molecule has 2 aliphatic rings. The lowest BCUT2D eigenvalue weighted by atomic mass is 9.90. The van der Waals surface area contributed by atoms with E-state index in [4.69, 9.17) is 0 Å². The topological polar surface area (TPSA) is 3.24 Å². The predicted octanol–water partition coefficient (Wildman–Crippen LogP) is 5.42. The van der Waals surface area contributed by atoms with Gasteiger partial charge in [-0.15, -0.1) is 0 Å². The molecule has 24 heavy (non-hydrogen) atoms. The highest BCUT2D eigenvalue weighted by Gasteiger charge is 2.11. The van der Waals surface area contributed by atoms with Gasteiger partial charge < -0.3 is 4.90 Å². The highest BCUT2D eigenvalue weighted by Crippen LogP contribution is 2.23. The van der Waals surface area contributed by atoms with Gasteiger partial charge in [0, 0.05) is 18.8 Å². The van der Waals surface area contributed by atoms with Gasteiger partial charge in [-0.1, -0.05) is 42.5 Å². The summed E-state index contributed by atoms with van der Waals surface area (Å²) in [4.78, 5) is 2.49. The Morgan fingerprint density at radius 2 is 1.54 bits per heavy atom. The first-order valence-electron chi connectivity index (χ1n) is 9.51. The predicted molar refractivity (Wildman–Crippen MR) is 104 cm³/mol. The number of anilines is 1. The van der Waals surface area contributed by atoms with Crippen LogP contribution in [-0.4, -0.2) is 13.1 Å². The number of aryl methyl sites for hydroxylation is 2. The number of nitrogens with zero attached hydrogens (tertiary/aromatic N) is 1. The summed E-state index contributed by atoms with van der Waals surface area (Å²) in [5.74, 6) is 0. The summed E-state index contributed by atoms with van der Waals surface area (Å²) in [5, 5.41) is 0. The number of benzene rings is 2. The maximum atomic E-state index is 2.49. The standard InChI is InChI=1S/C23H27N/c1-2-9-22-18-20(10-13-21(22)8-1)7-5-6-19-11-14-23(15-12-19)24-16-3-4-17-24/h5-6,10-15,18H,1-4,7-9,16-17H2. The maximum absolute atomic E-state index is 2.49. The van der Waals surface area contributed by atoms with Crippen molar-refractivity contribution in [2.24, 2.45) is 0 Å². The average molecular weight is 317 g/mol. The second-order valence-corrected chi connectivity index (χ2v) is 7.20. The van der Waals surface area contributed by atoms with Crippen LogP contribution in [0.25, 0.3) is 6.08 Å². The summed E-state index contributed by atoms with van der Waals surface area (Å²) in [6.07, 6.45) is 13.5. The van der Waals surface area contributed by atoms with E-state index in [0.717, 1.165) is 6.42 Å². The molecule has 4 rings (SSSR count). The second-order valence-electron chi connectivity index (χ2n) is 7.20. The van der Waals surface area contributed by atoms with Crippen LogP contribution in [0, 0.1) is 0 Å². The molecule has 1 aliphatic heterocycles. The fourth-order valence-corrected chi connectivity index (χ4v) is 4.02. The molecule has 1 fully saturated rings. The van der Waals surface area contributed by atoms with E-state index < -0.39 is 0 Å². The molecule has 0 atom stereocenters. The third-order valence-electron chi connectivity index (χ3n) is 5.44. The first-order valence-corrected chi connectivity index (χ1v) is 9.51. The molecule has 1 saturated heterocycles. The van der Waals surface area contributed by atoms with E-state index in [2.05, 4.69) is 59.5 Å². The van der Waals surface area contributed by atoms with Gasteiger partial charge >= 0.3 is 0 Å². The van der Waals surface area contributed by atoms with Crippen LogP contribution >= 0.6 is 0 Å². The van der Waals surface area contributed by atoms with Gasteiger partial charge in [0.05, 0.1) is 0 Å². The molecule has 0 radical (unpaired) electrons. The Kier molecular flexibility index (Phi) is 4.69. The van der Waals surface area contributed by atoms with Crippen molar-refractivity contribution in [3.63, 3.8) is 0 Å². The van der Waals surface area contributed by atoms with E-state index in [-0.39, 0.29) is 0 Å². The minimum absolute atomic E-state index is 1.03. The summed E-state index contributed by atoms with van der Waals surface area (Å²) in [7, 11) is 0. The molecule has 1 heteroatoms. The highest BCUT2D eigenvalue weighted by atomic mass is 15.1. The van der Waals surface area contributed by atoms with Crippen molar-refractivity contribution in [3.8, 4) is 0 Å². The Labute approximate surface area is 146 Å². The van der Waals surface area contributed by atoms with Gasteiger partial charge in [-0.3, -0.25) is 0 Å². The maximum Gasteiger partial charge on any atom is 0.0366 e. The smallest absolute Gasteiger partial charge is 0.0366 e. The molecule has 1 heterocycles. The summed E-state index contributed by atoms with van der Waals surface area (Å²) >= 11 is 0. The van der Waals surface area contributed by atoms with Crippen molar-refractivity contribution >= 4 is 11.8 Å². The van der Waals surface area contributed by atoms with Gasteiger partial charge in [0.2, 0.25) is 0 Å². The third kappa shape index (κ3) is 3.56. The fourth-order valence-electron chi connectivity index (χ4n) is 4.02. The van der Waals surface area contributed by atoms with Crippen LogP contribution in [0.3, 0.4) is 0 Å². The third-order valence-corrected chi connectivity index (χ3v) is 5.44. The average Bonchev–Trinajstić information content (AvgIpc) is 3.17. The summed E-state index contributed by atoms with van der Waals surface area (Å²) in [6.45, 7) is 2.43. The van der Waals surface area contributed by atoms with Crippen LogP contribution in [-0.2, 0) is 19.3 Å². The van der Waals surface area contributed by atoms with E-state index in [1.807, 2.05) is 0 Å². The molecular formula is C23H27N.